The van der Waals surface area contributed by atoms with Gasteiger partial charge >= 0.3 is 0 Å². The van der Waals surface area contributed by atoms with Gasteiger partial charge in [0.25, 0.3) is 0 Å². The molecule has 152 valence electrons. The molecule has 1 unspecified atom stereocenters. The minimum absolute atomic E-state index is 0.537. The third kappa shape index (κ3) is 2.94. The van der Waals surface area contributed by atoms with Crippen LogP contribution in [-0.4, -0.2) is 35.4 Å². The lowest BCUT2D eigenvalue weighted by molar-refractivity contribution is 0.672. The van der Waals surface area contributed by atoms with Crippen molar-refractivity contribution in [2.24, 2.45) is 0 Å². The number of pyridine rings is 1. The molecular formula is C22H26N4OS2. The summed E-state index contributed by atoms with van der Waals surface area (Å²) in [4.78, 5) is 6.05. The zero-order valence-electron chi connectivity index (χ0n) is 18.0. The van der Waals surface area contributed by atoms with Gasteiger partial charge in [-0.2, -0.15) is 5.10 Å². The van der Waals surface area contributed by atoms with E-state index in [1.54, 1.807) is 11.8 Å². The molecule has 0 fully saturated rings. The fourth-order valence-electron chi connectivity index (χ4n) is 3.89. The van der Waals surface area contributed by atoms with Crippen molar-refractivity contribution < 1.29 is 4.21 Å². The van der Waals surface area contributed by atoms with Crippen LogP contribution in [0.1, 0.15) is 34.9 Å². The largest absolute Gasteiger partial charge is 0.302 e. The summed E-state index contributed by atoms with van der Waals surface area (Å²) < 4.78 is 17.1. The SMILES string of the molecule is CCS(=O)c1c2c(C)c(C)c(C)c(C)c2nn1-c1nc2cc(SC)ccn2c1C. The first kappa shape index (κ1) is 20.2. The second-order valence-electron chi connectivity index (χ2n) is 7.39. The van der Waals surface area contributed by atoms with Crippen molar-refractivity contribution in [3.05, 3.63) is 46.3 Å². The number of thioether (sulfide) groups is 1. The van der Waals surface area contributed by atoms with Gasteiger partial charge in [-0.05, 0) is 75.3 Å². The molecule has 0 radical (unpaired) electrons. The van der Waals surface area contributed by atoms with E-state index in [4.69, 9.17) is 10.1 Å². The standard InChI is InChI=1S/C22H26N4OS2/c1-8-29(27)22-19-14(4)12(2)13(3)15(5)20(19)24-26(22)21-16(6)25-10-9-17(28-7)11-18(25)23-21/h9-11H,8H2,1-7H3. The maximum Gasteiger partial charge on any atom is 0.176 e. The maximum absolute atomic E-state index is 13.2. The third-order valence-electron chi connectivity index (χ3n) is 5.99. The van der Waals surface area contributed by atoms with Gasteiger partial charge < -0.3 is 4.40 Å². The number of fused-ring (bicyclic) bond motifs is 2. The Balaban J connectivity index is 2.13. The molecular weight excluding hydrogens is 400 g/mol. The summed E-state index contributed by atoms with van der Waals surface area (Å²) in [5.41, 5.74) is 7.55. The number of aromatic nitrogens is 4. The van der Waals surface area contributed by atoms with Crippen molar-refractivity contribution in [1.29, 1.82) is 0 Å². The summed E-state index contributed by atoms with van der Waals surface area (Å²) >= 11 is 1.69. The van der Waals surface area contributed by atoms with E-state index in [1.807, 2.05) is 24.7 Å². The number of hydrogen-bond donors (Lipinski definition) is 0. The normalized spacial score (nSPS) is 12.9. The van der Waals surface area contributed by atoms with Crippen LogP contribution in [-0.2, 0) is 10.8 Å². The van der Waals surface area contributed by atoms with Gasteiger partial charge in [0.05, 0.1) is 22.0 Å². The van der Waals surface area contributed by atoms with Crippen molar-refractivity contribution in [2.45, 2.75) is 51.5 Å². The molecule has 7 heteroatoms. The van der Waals surface area contributed by atoms with Gasteiger partial charge in [0, 0.05) is 22.2 Å². The molecule has 0 amide bonds. The zero-order chi connectivity index (χ0) is 21.0. The Kier molecular flexibility index (Phi) is 5.07. The topological polar surface area (TPSA) is 52.2 Å². The lowest BCUT2D eigenvalue weighted by Crippen LogP contribution is -2.08. The Bertz CT molecular complexity index is 1300. The quantitative estimate of drug-likeness (QED) is 0.428. The number of imidazole rings is 1. The molecule has 0 aliphatic heterocycles. The van der Waals surface area contributed by atoms with Crippen LogP contribution >= 0.6 is 11.8 Å². The van der Waals surface area contributed by atoms with E-state index in [1.165, 1.54) is 11.1 Å². The number of hydrogen-bond acceptors (Lipinski definition) is 4. The summed E-state index contributed by atoms with van der Waals surface area (Å²) in [6.07, 6.45) is 4.10. The highest BCUT2D eigenvalue weighted by Gasteiger charge is 2.25. The second kappa shape index (κ2) is 7.29. The molecule has 1 atom stereocenters. The Labute approximate surface area is 178 Å². The Morgan fingerprint density at radius 2 is 1.76 bits per heavy atom. The highest BCUT2D eigenvalue weighted by molar-refractivity contribution is 7.98. The molecule has 0 spiro atoms. The second-order valence-corrected chi connectivity index (χ2v) is 9.93. The Hall–Kier alpha value is -2.12. The minimum Gasteiger partial charge on any atom is -0.302 e. The van der Waals surface area contributed by atoms with Gasteiger partial charge in [-0.3, -0.25) is 4.21 Å². The van der Waals surface area contributed by atoms with Gasteiger partial charge in [-0.1, -0.05) is 6.92 Å². The van der Waals surface area contributed by atoms with Crippen LogP contribution in [0.4, 0.5) is 0 Å². The highest BCUT2D eigenvalue weighted by atomic mass is 32.2. The summed E-state index contributed by atoms with van der Waals surface area (Å²) in [5.74, 6) is 1.28. The molecule has 1 aromatic carbocycles. The highest BCUT2D eigenvalue weighted by Crippen LogP contribution is 2.34. The van der Waals surface area contributed by atoms with Crippen molar-refractivity contribution in [1.82, 2.24) is 19.2 Å². The number of nitrogens with zero attached hydrogens (tertiary/aromatic N) is 4. The number of benzene rings is 1. The van der Waals surface area contributed by atoms with Crippen LogP contribution in [0, 0.1) is 34.6 Å². The van der Waals surface area contributed by atoms with Crippen molar-refractivity contribution in [3.8, 4) is 5.82 Å². The Morgan fingerprint density at radius 1 is 1.07 bits per heavy atom. The first-order valence-electron chi connectivity index (χ1n) is 9.70. The molecule has 0 aliphatic carbocycles. The molecule has 0 N–H and O–H groups in total. The van der Waals surface area contributed by atoms with E-state index < -0.39 is 10.8 Å². The van der Waals surface area contributed by atoms with Crippen LogP contribution < -0.4 is 0 Å². The summed E-state index contributed by atoms with van der Waals surface area (Å²) in [5, 5.41) is 6.71. The lowest BCUT2D eigenvalue weighted by Gasteiger charge is -2.11. The smallest absolute Gasteiger partial charge is 0.176 e. The van der Waals surface area contributed by atoms with Crippen LogP contribution in [0.3, 0.4) is 0 Å². The van der Waals surface area contributed by atoms with Crippen molar-refractivity contribution in [3.63, 3.8) is 0 Å². The average molecular weight is 427 g/mol. The van der Waals surface area contributed by atoms with Crippen molar-refractivity contribution >= 4 is 39.1 Å². The molecule has 0 saturated heterocycles. The molecule has 3 heterocycles. The maximum atomic E-state index is 13.2. The molecule has 0 aliphatic rings. The monoisotopic (exact) mass is 426 g/mol. The molecule has 4 aromatic rings. The zero-order valence-corrected chi connectivity index (χ0v) is 19.6. The molecule has 3 aromatic heterocycles. The minimum atomic E-state index is -1.17. The molecule has 4 rings (SSSR count). The van der Waals surface area contributed by atoms with Gasteiger partial charge in [0.2, 0.25) is 0 Å². The number of aryl methyl sites for hydroxylation is 3. The van der Waals surface area contributed by atoms with Gasteiger partial charge in [0.15, 0.2) is 5.82 Å². The van der Waals surface area contributed by atoms with Crippen LogP contribution in [0.2, 0.25) is 0 Å². The van der Waals surface area contributed by atoms with E-state index in [9.17, 15) is 4.21 Å². The van der Waals surface area contributed by atoms with Crippen LogP contribution in [0.5, 0.6) is 0 Å². The molecule has 5 nitrogen and oxygen atoms in total. The summed E-state index contributed by atoms with van der Waals surface area (Å²) in [7, 11) is -1.17. The average Bonchev–Trinajstić information content (AvgIpc) is 3.28. The predicted octanol–water partition coefficient (Wildman–Crippen LogP) is 5.06. The Morgan fingerprint density at radius 3 is 2.41 bits per heavy atom. The van der Waals surface area contributed by atoms with Crippen molar-refractivity contribution in [2.75, 3.05) is 12.0 Å². The van der Waals surface area contributed by atoms with Gasteiger partial charge in [-0.15, -0.1) is 11.8 Å². The van der Waals surface area contributed by atoms with E-state index in [-0.39, 0.29) is 0 Å². The predicted molar refractivity (Wildman–Crippen MR) is 122 cm³/mol. The fourth-order valence-corrected chi connectivity index (χ4v) is 5.38. The van der Waals surface area contributed by atoms with E-state index in [0.717, 1.165) is 49.1 Å². The first-order valence-corrected chi connectivity index (χ1v) is 12.2. The van der Waals surface area contributed by atoms with Crippen LogP contribution in [0.25, 0.3) is 22.4 Å². The summed E-state index contributed by atoms with van der Waals surface area (Å²) in [6.45, 7) is 12.5. The van der Waals surface area contributed by atoms with E-state index in [2.05, 4.69) is 50.5 Å². The molecule has 0 saturated carbocycles. The lowest BCUT2D eigenvalue weighted by atomic mass is 9.96. The molecule has 29 heavy (non-hydrogen) atoms. The first-order chi connectivity index (χ1) is 13.8. The van der Waals surface area contributed by atoms with Gasteiger partial charge in [-0.25, -0.2) is 9.67 Å². The van der Waals surface area contributed by atoms with E-state index in [0.29, 0.717) is 5.75 Å². The third-order valence-corrected chi connectivity index (χ3v) is 8.04. The fraction of sp³-hybridized carbons (Fsp3) is 0.364. The van der Waals surface area contributed by atoms with E-state index >= 15 is 0 Å². The van der Waals surface area contributed by atoms with Gasteiger partial charge in [0.1, 0.15) is 10.7 Å². The summed E-state index contributed by atoms with van der Waals surface area (Å²) in [6, 6.07) is 4.16. The van der Waals surface area contributed by atoms with Crippen LogP contribution in [0.15, 0.2) is 28.3 Å². The number of rotatable bonds is 4. The molecule has 0 bridgehead atoms.